The Bertz CT molecular complexity index is 329. The Kier molecular flexibility index (Phi) is 4.55. The first-order valence-electron chi connectivity index (χ1n) is 5.48. The average molecular weight is 257 g/mol. The van der Waals surface area contributed by atoms with Gasteiger partial charge in [0.05, 0.1) is 13.2 Å². The molecule has 1 aliphatic rings. The summed E-state index contributed by atoms with van der Waals surface area (Å²) >= 11 is 0. The number of rotatable bonds is 1. The second-order valence-electron chi connectivity index (χ2n) is 5.10. The molecule has 0 aromatic carbocycles. The van der Waals surface area contributed by atoms with Crippen LogP contribution in [0.3, 0.4) is 0 Å². The molecule has 16 heavy (non-hydrogen) atoms. The molecule has 0 saturated carbocycles. The predicted octanol–water partition coefficient (Wildman–Crippen LogP) is 1.66. The highest BCUT2D eigenvalue weighted by Gasteiger charge is 2.35. The summed E-state index contributed by atoms with van der Waals surface area (Å²) in [4.78, 5) is 11.5. The summed E-state index contributed by atoms with van der Waals surface area (Å²) in [7, 11) is 2.72. The van der Waals surface area contributed by atoms with Crippen LogP contribution in [0.2, 0.25) is 19.6 Å². The van der Waals surface area contributed by atoms with Crippen molar-refractivity contribution < 1.29 is 9.53 Å². The van der Waals surface area contributed by atoms with E-state index in [0.29, 0.717) is 0 Å². The molecule has 0 aliphatic carbocycles. The summed E-state index contributed by atoms with van der Waals surface area (Å²) in [6, 6.07) is 0.0387. The van der Waals surface area contributed by atoms with Gasteiger partial charge in [-0.15, -0.1) is 5.54 Å². The second-order valence-corrected chi connectivity index (χ2v) is 10.4. The molecule has 2 unspecified atom stereocenters. The molecule has 5 heteroatoms. The Balaban J connectivity index is 2.67. The molecule has 0 aromatic heterocycles. The SMILES string of the molecule is COC(=O)[C@@H]1CCC(C#C[Si](C)(C)C)N1P. The number of hydrogen-bond donors (Lipinski definition) is 0. The first-order valence-corrected chi connectivity index (χ1v) is 9.50. The standard InChI is InChI=1S/C11H20NO2PSi/c1-14-11(13)10-6-5-9(12(10)15)7-8-16(2,3)4/h9-10H,5-6,15H2,1-4H3/t9?,10-/m0/s1. The third-order valence-corrected chi connectivity index (χ3v) is 4.13. The Labute approximate surface area is 101 Å². The van der Waals surface area contributed by atoms with Crippen LogP contribution in [0.25, 0.3) is 0 Å². The van der Waals surface area contributed by atoms with E-state index < -0.39 is 8.07 Å². The molecule has 0 radical (unpaired) electrons. The average Bonchev–Trinajstić information content (AvgIpc) is 2.55. The van der Waals surface area contributed by atoms with Crippen molar-refractivity contribution >= 4 is 23.4 Å². The molecule has 1 fully saturated rings. The molecule has 0 aromatic rings. The number of carbonyl (C=O) groups excluding carboxylic acids is 1. The third kappa shape index (κ3) is 3.59. The summed E-state index contributed by atoms with van der Waals surface area (Å²) < 4.78 is 6.72. The van der Waals surface area contributed by atoms with E-state index in [2.05, 4.69) is 40.5 Å². The van der Waals surface area contributed by atoms with E-state index >= 15 is 0 Å². The molecule has 3 atom stereocenters. The molecule has 90 valence electrons. The van der Waals surface area contributed by atoms with Crippen LogP contribution in [-0.2, 0) is 9.53 Å². The highest BCUT2D eigenvalue weighted by Crippen LogP contribution is 2.28. The van der Waals surface area contributed by atoms with Crippen molar-refractivity contribution in [1.29, 1.82) is 0 Å². The predicted molar refractivity (Wildman–Crippen MR) is 71.5 cm³/mol. The lowest BCUT2D eigenvalue weighted by molar-refractivity contribution is -0.144. The first kappa shape index (κ1) is 13.7. The van der Waals surface area contributed by atoms with Crippen molar-refractivity contribution in [3.63, 3.8) is 0 Å². The zero-order valence-electron chi connectivity index (χ0n) is 10.4. The van der Waals surface area contributed by atoms with E-state index in [4.69, 9.17) is 4.74 Å². The maximum atomic E-state index is 11.5. The van der Waals surface area contributed by atoms with Crippen molar-refractivity contribution in [2.24, 2.45) is 0 Å². The molecule has 0 N–H and O–H groups in total. The molecule has 3 nitrogen and oxygen atoms in total. The van der Waals surface area contributed by atoms with Crippen LogP contribution in [0.1, 0.15) is 12.8 Å². The number of esters is 1. The maximum absolute atomic E-state index is 11.5. The minimum atomic E-state index is -1.33. The summed E-state index contributed by atoms with van der Waals surface area (Å²) in [6.07, 6.45) is 1.78. The minimum absolute atomic E-state index is 0.143. The fourth-order valence-corrected chi connectivity index (χ4v) is 2.75. The minimum Gasteiger partial charge on any atom is -0.468 e. The lowest BCUT2D eigenvalue weighted by Gasteiger charge is -2.20. The van der Waals surface area contributed by atoms with Crippen LogP contribution in [0.4, 0.5) is 0 Å². The molecular formula is C11H20NO2PSi. The summed E-state index contributed by atoms with van der Waals surface area (Å²) in [5.41, 5.74) is 3.35. The van der Waals surface area contributed by atoms with Gasteiger partial charge in [0.2, 0.25) is 0 Å². The molecular weight excluding hydrogens is 237 g/mol. The largest absolute Gasteiger partial charge is 0.468 e. The number of hydrogen-bond acceptors (Lipinski definition) is 3. The molecule has 0 spiro atoms. The van der Waals surface area contributed by atoms with Gasteiger partial charge in [-0.05, 0) is 12.8 Å². The monoisotopic (exact) mass is 257 g/mol. The Morgan fingerprint density at radius 2 is 2.06 bits per heavy atom. The third-order valence-electron chi connectivity index (χ3n) is 2.52. The van der Waals surface area contributed by atoms with Gasteiger partial charge in [-0.1, -0.05) is 35.0 Å². The molecule has 0 amide bonds. The fraction of sp³-hybridized carbons (Fsp3) is 0.727. The summed E-state index contributed by atoms with van der Waals surface area (Å²) in [5, 5.41) is 0. The van der Waals surface area contributed by atoms with Crippen LogP contribution < -0.4 is 0 Å². The normalized spacial score (nSPS) is 26.1. The first-order chi connectivity index (χ1) is 7.35. The van der Waals surface area contributed by atoms with Crippen molar-refractivity contribution in [3.8, 4) is 11.5 Å². The maximum Gasteiger partial charge on any atom is 0.323 e. The van der Waals surface area contributed by atoms with E-state index in [1.165, 1.54) is 7.11 Å². The van der Waals surface area contributed by atoms with Crippen molar-refractivity contribution in [2.45, 2.75) is 44.6 Å². The Morgan fingerprint density at radius 3 is 2.56 bits per heavy atom. The highest BCUT2D eigenvalue weighted by atomic mass is 31.0. The van der Waals surface area contributed by atoms with E-state index in [9.17, 15) is 4.79 Å². The van der Waals surface area contributed by atoms with Crippen LogP contribution >= 0.6 is 9.39 Å². The van der Waals surface area contributed by atoms with Crippen LogP contribution in [-0.4, -0.2) is 37.9 Å². The van der Waals surface area contributed by atoms with Gasteiger partial charge < -0.3 is 4.74 Å². The molecule has 1 rings (SSSR count). The molecule has 1 aliphatic heterocycles. The summed E-state index contributed by atoms with van der Waals surface area (Å²) in [6.45, 7) is 6.67. The number of ether oxygens (including phenoxy) is 1. The second kappa shape index (κ2) is 5.31. The lowest BCUT2D eigenvalue weighted by Crippen LogP contribution is -2.33. The van der Waals surface area contributed by atoms with Crippen molar-refractivity contribution in [3.05, 3.63) is 0 Å². The molecule has 1 heterocycles. The van der Waals surface area contributed by atoms with E-state index in [0.717, 1.165) is 12.8 Å². The van der Waals surface area contributed by atoms with E-state index in [-0.39, 0.29) is 18.1 Å². The van der Waals surface area contributed by atoms with Crippen LogP contribution in [0.15, 0.2) is 0 Å². The van der Waals surface area contributed by atoms with E-state index in [1.54, 1.807) is 0 Å². The van der Waals surface area contributed by atoms with Gasteiger partial charge in [-0.3, -0.25) is 9.46 Å². The van der Waals surface area contributed by atoms with Gasteiger partial charge >= 0.3 is 5.97 Å². The zero-order chi connectivity index (χ0) is 12.3. The van der Waals surface area contributed by atoms with Gasteiger partial charge in [-0.2, -0.15) is 0 Å². The van der Waals surface area contributed by atoms with Gasteiger partial charge in [0, 0.05) is 0 Å². The van der Waals surface area contributed by atoms with Gasteiger partial charge in [0.1, 0.15) is 14.1 Å². The highest BCUT2D eigenvalue weighted by molar-refractivity contribution is 7.13. The van der Waals surface area contributed by atoms with Gasteiger partial charge in [-0.25, -0.2) is 0 Å². The Hall–Kier alpha value is -0.363. The van der Waals surface area contributed by atoms with Crippen molar-refractivity contribution in [1.82, 2.24) is 4.67 Å². The van der Waals surface area contributed by atoms with Gasteiger partial charge in [0.15, 0.2) is 0 Å². The van der Waals surface area contributed by atoms with Crippen molar-refractivity contribution in [2.75, 3.05) is 7.11 Å². The quantitative estimate of drug-likeness (QED) is 0.310. The smallest absolute Gasteiger partial charge is 0.323 e. The van der Waals surface area contributed by atoms with E-state index in [1.807, 2.05) is 4.67 Å². The zero-order valence-corrected chi connectivity index (χ0v) is 12.6. The molecule has 1 saturated heterocycles. The van der Waals surface area contributed by atoms with Gasteiger partial charge in [0.25, 0.3) is 0 Å². The number of carbonyl (C=O) groups is 1. The van der Waals surface area contributed by atoms with Crippen LogP contribution in [0, 0.1) is 11.5 Å². The number of methoxy groups -OCH3 is 1. The summed E-state index contributed by atoms with van der Waals surface area (Å²) in [5.74, 6) is 3.13. The molecule has 0 bridgehead atoms. The van der Waals surface area contributed by atoms with Crippen LogP contribution in [0.5, 0.6) is 0 Å². The topological polar surface area (TPSA) is 29.5 Å². The Morgan fingerprint density at radius 1 is 1.44 bits per heavy atom. The number of nitrogens with zero attached hydrogens (tertiary/aromatic N) is 1. The fourth-order valence-electron chi connectivity index (χ4n) is 1.65. The lowest BCUT2D eigenvalue weighted by atomic mass is 10.2.